The minimum Gasteiger partial charge on any atom is -0.339 e. The fourth-order valence-corrected chi connectivity index (χ4v) is 3.13. The van der Waals surface area contributed by atoms with Crippen LogP contribution in [-0.4, -0.2) is 32.3 Å². The Hall–Kier alpha value is -1.07. The van der Waals surface area contributed by atoms with Gasteiger partial charge in [-0.3, -0.25) is 4.79 Å². The van der Waals surface area contributed by atoms with E-state index in [1.54, 1.807) is 11.0 Å². The van der Waals surface area contributed by atoms with Gasteiger partial charge in [0.1, 0.15) is 0 Å². The van der Waals surface area contributed by atoms with Gasteiger partial charge in [-0.2, -0.15) is 0 Å². The Balaban J connectivity index is 2.36. The second kappa shape index (κ2) is 6.36. The lowest BCUT2D eigenvalue weighted by Crippen LogP contribution is -2.33. The fourth-order valence-electron chi connectivity index (χ4n) is 2.35. The summed E-state index contributed by atoms with van der Waals surface area (Å²) >= 11 is 0. The molecule has 1 amide bonds. The molecule has 1 aliphatic carbocycles. The molecule has 0 radical (unpaired) electrons. The van der Waals surface area contributed by atoms with Gasteiger partial charge in [0.25, 0.3) is 15.0 Å². The SMILES string of the molecule is CCc1ccc(S(=O)(=O)Cl)cc1C(=O)N(CC)CC1CC1. The number of hydrogen-bond acceptors (Lipinski definition) is 3. The lowest BCUT2D eigenvalue weighted by molar-refractivity contribution is 0.0755. The van der Waals surface area contributed by atoms with E-state index >= 15 is 0 Å². The molecule has 21 heavy (non-hydrogen) atoms. The summed E-state index contributed by atoms with van der Waals surface area (Å²) in [7, 11) is 1.56. The number of aryl methyl sites for hydroxylation is 1. The van der Waals surface area contributed by atoms with Crippen molar-refractivity contribution in [2.45, 2.75) is 38.0 Å². The van der Waals surface area contributed by atoms with Crippen LogP contribution in [0.4, 0.5) is 0 Å². The molecule has 2 rings (SSSR count). The first-order valence-corrected chi connectivity index (χ1v) is 9.54. The van der Waals surface area contributed by atoms with E-state index in [4.69, 9.17) is 10.7 Å². The zero-order chi connectivity index (χ0) is 15.6. The van der Waals surface area contributed by atoms with E-state index in [9.17, 15) is 13.2 Å². The predicted octanol–water partition coefficient (Wildman–Crippen LogP) is 3.05. The van der Waals surface area contributed by atoms with Crippen LogP contribution < -0.4 is 0 Å². The lowest BCUT2D eigenvalue weighted by atomic mass is 10.0. The summed E-state index contributed by atoms with van der Waals surface area (Å²) in [6.45, 7) is 5.25. The van der Waals surface area contributed by atoms with E-state index < -0.39 is 9.05 Å². The van der Waals surface area contributed by atoms with Crippen molar-refractivity contribution in [3.8, 4) is 0 Å². The van der Waals surface area contributed by atoms with Crippen molar-refractivity contribution in [3.05, 3.63) is 29.3 Å². The maximum absolute atomic E-state index is 12.7. The highest BCUT2D eigenvalue weighted by Crippen LogP contribution is 2.30. The molecule has 0 unspecified atom stereocenters. The van der Waals surface area contributed by atoms with E-state index in [-0.39, 0.29) is 10.8 Å². The highest BCUT2D eigenvalue weighted by Gasteiger charge is 2.27. The van der Waals surface area contributed by atoms with Crippen molar-refractivity contribution in [2.24, 2.45) is 5.92 Å². The van der Waals surface area contributed by atoms with Gasteiger partial charge in [0.05, 0.1) is 4.90 Å². The normalized spacial score (nSPS) is 15.0. The van der Waals surface area contributed by atoms with E-state index in [0.717, 1.165) is 12.1 Å². The third kappa shape index (κ3) is 3.98. The predicted molar refractivity (Wildman–Crippen MR) is 83.2 cm³/mol. The molecule has 0 spiro atoms. The summed E-state index contributed by atoms with van der Waals surface area (Å²) in [6.07, 6.45) is 3.01. The molecule has 0 N–H and O–H groups in total. The van der Waals surface area contributed by atoms with E-state index in [0.29, 0.717) is 24.4 Å². The Bertz CT molecular complexity index is 638. The number of benzene rings is 1. The zero-order valence-electron chi connectivity index (χ0n) is 12.3. The van der Waals surface area contributed by atoms with Crippen LogP contribution in [0, 0.1) is 5.92 Å². The molecule has 0 bridgehead atoms. The maximum Gasteiger partial charge on any atom is 0.261 e. The summed E-state index contributed by atoms with van der Waals surface area (Å²) in [5.74, 6) is 0.488. The average Bonchev–Trinajstić information content (AvgIpc) is 3.26. The van der Waals surface area contributed by atoms with Crippen molar-refractivity contribution < 1.29 is 13.2 Å². The summed E-state index contributed by atoms with van der Waals surface area (Å²) in [5.41, 5.74) is 1.29. The molecular formula is C15H20ClNO3S. The molecule has 6 heteroatoms. The van der Waals surface area contributed by atoms with E-state index in [2.05, 4.69) is 0 Å². The number of rotatable bonds is 6. The Morgan fingerprint density at radius 1 is 1.33 bits per heavy atom. The molecule has 1 aromatic carbocycles. The smallest absolute Gasteiger partial charge is 0.261 e. The molecule has 4 nitrogen and oxygen atoms in total. The second-order valence-electron chi connectivity index (χ2n) is 5.40. The number of halogens is 1. The van der Waals surface area contributed by atoms with Gasteiger partial charge >= 0.3 is 0 Å². The van der Waals surface area contributed by atoms with E-state index in [1.165, 1.54) is 25.0 Å². The number of carbonyl (C=O) groups excluding carboxylic acids is 1. The standard InChI is InChI=1S/C15H20ClNO3S/c1-3-12-7-8-13(21(16,19)20)9-14(12)15(18)17(4-2)10-11-5-6-11/h7-9,11H,3-6,10H2,1-2H3. The summed E-state index contributed by atoms with van der Waals surface area (Å²) < 4.78 is 23.0. The number of carbonyl (C=O) groups is 1. The monoisotopic (exact) mass is 329 g/mol. The molecule has 1 fully saturated rings. The molecule has 0 saturated heterocycles. The summed E-state index contributed by atoms with van der Waals surface area (Å²) in [5, 5.41) is 0. The van der Waals surface area contributed by atoms with Crippen LogP contribution >= 0.6 is 10.7 Å². The number of nitrogens with zero attached hydrogens (tertiary/aromatic N) is 1. The Morgan fingerprint density at radius 2 is 2.00 bits per heavy atom. The molecule has 0 aromatic heterocycles. The van der Waals surface area contributed by atoms with Crippen LogP contribution in [0.15, 0.2) is 23.1 Å². The highest BCUT2D eigenvalue weighted by atomic mass is 35.7. The third-order valence-electron chi connectivity index (χ3n) is 3.82. The van der Waals surface area contributed by atoms with Crippen molar-refractivity contribution in [1.29, 1.82) is 0 Å². The first-order chi connectivity index (χ1) is 9.86. The zero-order valence-corrected chi connectivity index (χ0v) is 13.9. The average molecular weight is 330 g/mol. The third-order valence-corrected chi connectivity index (χ3v) is 5.17. The summed E-state index contributed by atoms with van der Waals surface area (Å²) in [4.78, 5) is 14.5. The van der Waals surface area contributed by atoms with Crippen molar-refractivity contribution in [3.63, 3.8) is 0 Å². The molecule has 0 atom stereocenters. The highest BCUT2D eigenvalue weighted by molar-refractivity contribution is 8.13. The van der Waals surface area contributed by atoms with Crippen LogP contribution in [0.5, 0.6) is 0 Å². The fraction of sp³-hybridized carbons (Fsp3) is 0.533. The second-order valence-corrected chi connectivity index (χ2v) is 7.96. The van der Waals surface area contributed by atoms with Crippen molar-refractivity contribution in [1.82, 2.24) is 4.90 Å². The molecule has 1 aliphatic rings. The van der Waals surface area contributed by atoms with Crippen LogP contribution in [0.1, 0.15) is 42.6 Å². The van der Waals surface area contributed by atoms with Crippen LogP contribution in [0.2, 0.25) is 0 Å². The first kappa shape index (κ1) is 16.3. The molecule has 0 aliphatic heterocycles. The van der Waals surface area contributed by atoms with Crippen LogP contribution in [0.25, 0.3) is 0 Å². The van der Waals surface area contributed by atoms with Crippen molar-refractivity contribution in [2.75, 3.05) is 13.1 Å². The first-order valence-electron chi connectivity index (χ1n) is 7.23. The van der Waals surface area contributed by atoms with Gasteiger partial charge in [-0.25, -0.2) is 8.42 Å². The Kier molecular flexibility index (Phi) is 4.94. The lowest BCUT2D eigenvalue weighted by Gasteiger charge is -2.22. The minimum absolute atomic E-state index is 0.0211. The Morgan fingerprint density at radius 3 is 2.48 bits per heavy atom. The minimum atomic E-state index is -3.83. The molecule has 0 heterocycles. The van der Waals surface area contributed by atoms with Gasteiger partial charge in [-0.1, -0.05) is 13.0 Å². The van der Waals surface area contributed by atoms with Crippen LogP contribution in [0.3, 0.4) is 0 Å². The van der Waals surface area contributed by atoms with Crippen LogP contribution in [-0.2, 0) is 15.5 Å². The molecule has 1 saturated carbocycles. The Labute approximate surface area is 130 Å². The number of amides is 1. The van der Waals surface area contributed by atoms with Gasteiger partial charge in [0.2, 0.25) is 0 Å². The van der Waals surface area contributed by atoms with Gasteiger partial charge in [0, 0.05) is 29.3 Å². The maximum atomic E-state index is 12.7. The topological polar surface area (TPSA) is 54.5 Å². The number of hydrogen-bond donors (Lipinski definition) is 0. The molecule has 116 valence electrons. The van der Waals surface area contributed by atoms with Gasteiger partial charge in [-0.15, -0.1) is 0 Å². The molecular weight excluding hydrogens is 310 g/mol. The van der Waals surface area contributed by atoms with E-state index in [1.807, 2.05) is 13.8 Å². The molecule has 1 aromatic rings. The van der Waals surface area contributed by atoms with Gasteiger partial charge in [0.15, 0.2) is 0 Å². The van der Waals surface area contributed by atoms with Crippen molar-refractivity contribution >= 4 is 25.6 Å². The summed E-state index contributed by atoms with van der Waals surface area (Å²) in [6, 6.07) is 4.53. The largest absolute Gasteiger partial charge is 0.339 e. The van der Waals surface area contributed by atoms with Gasteiger partial charge < -0.3 is 4.90 Å². The van der Waals surface area contributed by atoms with Gasteiger partial charge in [-0.05, 0) is 49.8 Å². The quantitative estimate of drug-likeness (QED) is 0.754.